The van der Waals surface area contributed by atoms with E-state index in [1.165, 1.54) is 11.1 Å². The van der Waals surface area contributed by atoms with Gasteiger partial charge in [0, 0.05) is 39.3 Å². The first kappa shape index (κ1) is 21.0. The highest BCUT2D eigenvalue weighted by Crippen LogP contribution is 2.12. The van der Waals surface area contributed by atoms with Gasteiger partial charge in [0.05, 0.1) is 32.2 Å². The molecule has 6 nitrogen and oxygen atoms in total. The Morgan fingerprint density at radius 3 is 2.75 bits per heavy atom. The lowest BCUT2D eigenvalue weighted by atomic mass is 10.1. The normalized spacial score (nSPS) is 16.5. The highest BCUT2D eigenvalue weighted by atomic mass is 16.5. The molecule has 1 fully saturated rings. The summed E-state index contributed by atoms with van der Waals surface area (Å²) >= 11 is 0. The van der Waals surface area contributed by atoms with Gasteiger partial charge in [-0.3, -0.25) is 9.80 Å². The molecule has 2 heterocycles. The molecule has 154 valence electrons. The third kappa shape index (κ3) is 7.04. The summed E-state index contributed by atoms with van der Waals surface area (Å²) in [6.45, 7) is 9.68. The number of hydrogen-bond acceptors (Lipinski definition) is 6. The number of aryl methyl sites for hydroxylation is 1. The van der Waals surface area contributed by atoms with Gasteiger partial charge in [0.15, 0.2) is 0 Å². The molecular formula is C22H32N2O4. The summed E-state index contributed by atoms with van der Waals surface area (Å²) in [6, 6.07) is 12.2. The van der Waals surface area contributed by atoms with Gasteiger partial charge in [-0.25, -0.2) is 0 Å². The summed E-state index contributed by atoms with van der Waals surface area (Å²) in [7, 11) is 0. The maximum absolute atomic E-state index is 10.5. The minimum absolute atomic E-state index is 0.294. The van der Waals surface area contributed by atoms with Crippen molar-refractivity contribution in [3.63, 3.8) is 0 Å². The summed E-state index contributed by atoms with van der Waals surface area (Å²) in [4.78, 5) is 4.74. The number of rotatable bonds is 11. The smallest absolute Gasteiger partial charge is 0.129 e. The molecule has 6 heteroatoms. The molecule has 3 rings (SSSR count). The van der Waals surface area contributed by atoms with Crippen LogP contribution in [0.5, 0.6) is 0 Å². The molecule has 0 spiro atoms. The fourth-order valence-electron chi connectivity index (χ4n) is 3.41. The van der Waals surface area contributed by atoms with E-state index in [1.54, 1.807) is 6.26 Å². The van der Waals surface area contributed by atoms with Crippen molar-refractivity contribution in [2.24, 2.45) is 0 Å². The molecule has 1 unspecified atom stereocenters. The summed E-state index contributed by atoms with van der Waals surface area (Å²) in [5.41, 5.74) is 2.58. The van der Waals surface area contributed by atoms with Gasteiger partial charge in [-0.15, -0.1) is 0 Å². The summed E-state index contributed by atoms with van der Waals surface area (Å²) in [6.07, 6.45) is 1.09. The Labute approximate surface area is 167 Å². The van der Waals surface area contributed by atoms with Crippen molar-refractivity contribution in [2.45, 2.75) is 26.2 Å². The Morgan fingerprint density at radius 1 is 1.18 bits per heavy atom. The van der Waals surface area contributed by atoms with E-state index in [2.05, 4.69) is 41.0 Å². The van der Waals surface area contributed by atoms with E-state index in [4.69, 9.17) is 13.9 Å². The van der Waals surface area contributed by atoms with Crippen LogP contribution in [0.25, 0.3) is 0 Å². The highest BCUT2D eigenvalue weighted by Gasteiger charge is 2.16. The Morgan fingerprint density at radius 2 is 2.00 bits per heavy atom. The number of morpholine rings is 1. The first-order valence-electron chi connectivity index (χ1n) is 10.1. The van der Waals surface area contributed by atoms with Crippen LogP contribution in [0.2, 0.25) is 0 Å². The molecule has 1 aliphatic heterocycles. The first-order valence-corrected chi connectivity index (χ1v) is 10.1. The van der Waals surface area contributed by atoms with Crippen LogP contribution >= 0.6 is 0 Å². The maximum Gasteiger partial charge on any atom is 0.129 e. The lowest BCUT2D eigenvalue weighted by molar-refractivity contribution is -0.00155. The zero-order valence-corrected chi connectivity index (χ0v) is 16.8. The van der Waals surface area contributed by atoms with Crippen LogP contribution in [0.3, 0.4) is 0 Å². The van der Waals surface area contributed by atoms with Gasteiger partial charge in [-0.05, 0) is 30.2 Å². The fourth-order valence-corrected chi connectivity index (χ4v) is 3.41. The third-order valence-electron chi connectivity index (χ3n) is 5.09. The van der Waals surface area contributed by atoms with Crippen molar-refractivity contribution in [1.29, 1.82) is 0 Å². The van der Waals surface area contributed by atoms with Crippen LogP contribution in [0.1, 0.15) is 16.9 Å². The Balaban J connectivity index is 1.50. The van der Waals surface area contributed by atoms with Crippen LogP contribution in [0.4, 0.5) is 0 Å². The predicted octanol–water partition coefficient (Wildman–Crippen LogP) is 2.30. The van der Waals surface area contributed by atoms with Gasteiger partial charge in [0.2, 0.25) is 0 Å². The van der Waals surface area contributed by atoms with E-state index in [-0.39, 0.29) is 0 Å². The molecule has 1 atom stereocenters. The van der Waals surface area contributed by atoms with Crippen molar-refractivity contribution in [2.75, 3.05) is 52.5 Å². The lowest BCUT2D eigenvalue weighted by Gasteiger charge is -2.31. The third-order valence-corrected chi connectivity index (χ3v) is 5.09. The van der Waals surface area contributed by atoms with Gasteiger partial charge < -0.3 is 19.0 Å². The summed E-state index contributed by atoms with van der Waals surface area (Å²) in [5, 5.41) is 10.5. The molecule has 0 radical (unpaired) electrons. The summed E-state index contributed by atoms with van der Waals surface area (Å²) in [5.74, 6) is 0.774. The van der Waals surface area contributed by atoms with Crippen molar-refractivity contribution in [3.05, 3.63) is 59.5 Å². The van der Waals surface area contributed by atoms with Crippen LogP contribution in [-0.4, -0.2) is 73.6 Å². The first-order chi connectivity index (χ1) is 13.7. The van der Waals surface area contributed by atoms with E-state index >= 15 is 0 Å². The van der Waals surface area contributed by atoms with Gasteiger partial charge in [0.1, 0.15) is 12.4 Å². The average molecular weight is 389 g/mol. The Kier molecular flexibility index (Phi) is 8.51. The molecule has 1 aromatic heterocycles. The largest absolute Gasteiger partial charge is 0.467 e. The number of ether oxygens (including phenoxy) is 2. The van der Waals surface area contributed by atoms with Gasteiger partial charge in [0.25, 0.3) is 0 Å². The van der Waals surface area contributed by atoms with Gasteiger partial charge in [-0.2, -0.15) is 0 Å². The van der Waals surface area contributed by atoms with Crippen LogP contribution < -0.4 is 0 Å². The molecule has 1 N–H and O–H groups in total. The molecule has 1 aromatic carbocycles. The lowest BCUT2D eigenvalue weighted by Crippen LogP contribution is -2.43. The zero-order valence-electron chi connectivity index (χ0n) is 16.8. The van der Waals surface area contributed by atoms with E-state index in [0.29, 0.717) is 19.8 Å². The van der Waals surface area contributed by atoms with Crippen LogP contribution in [-0.2, 0) is 22.6 Å². The van der Waals surface area contributed by atoms with Crippen LogP contribution in [0.15, 0.2) is 47.1 Å². The molecule has 0 aliphatic carbocycles. The Bertz CT molecular complexity index is 671. The molecule has 2 aromatic rings. The quantitative estimate of drug-likeness (QED) is 0.637. The number of nitrogens with zero attached hydrogens (tertiary/aromatic N) is 2. The fraction of sp³-hybridized carbons (Fsp3) is 0.545. The van der Waals surface area contributed by atoms with Crippen molar-refractivity contribution in [1.82, 2.24) is 9.80 Å². The van der Waals surface area contributed by atoms with Crippen molar-refractivity contribution in [3.8, 4) is 0 Å². The van der Waals surface area contributed by atoms with Gasteiger partial charge >= 0.3 is 0 Å². The number of hydrogen-bond donors (Lipinski definition) is 1. The molecule has 28 heavy (non-hydrogen) atoms. The van der Waals surface area contributed by atoms with Crippen molar-refractivity contribution < 1.29 is 19.0 Å². The standard InChI is InChI=1S/C22H32N2O4/c1-19-5-2-3-6-20(19)15-24(9-8-23-10-13-26-14-11-23)16-21(25)17-27-18-22-7-4-12-28-22/h2-7,12,21,25H,8-11,13-18H2,1H3. The predicted molar refractivity (Wildman–Crippen MR) is 108 cm³/mol. The molecular weight excluding hydrogens is 356 g/mol. The second kappa shape index (κ2) is 11.3. The molecule has 1 saturated heterocycles. The number of benzene rings is 1. The van der Waals surface area contributed by atoms with E-state index in [9.17, 15) is 5.11 Å². The van der Waals surface area contributed by atoms with E-state index in [1.807, 2.05) is 12.1 Å². The minimum Gasteiger partial charge on any atom is -0.467 e. The highest BCUT2D eigenvalue weighted by molar-refractivity contribution is 5.25. The average Bonchev–Trinajstić information content (AvgIpc) is 3.22. The van der Waals surface area contributed by atoms with E-state index < -0.39 is 6.10 Å². The maximum atomic E-state index is 10.5. The molecule has 1 aliphatic rings. The minimum atomic E-state index is -0.538. The monoisotopic (exact) mass is 388 g/mol. The van der Waals surface area contributed by atoms with Gasteiger partial charge in [-0.1, -0.05) is 24.3 Å². The molecule has 0 amide bonds. The van der Waals surface area contributed by atoms with E-state index in [0.717, 1.165) is 51.7 Å². The second-order valence-corrected chi connectivity index (χ2v) is 7.36. The number of furan rings is 1. The second-order valence-electron chi connectivity index (χ2n) is 7.36. The van der Waals surface area contributed by atoms with Crippen molar-refractivity contribution >= 4 is 0 Å². The topological polar surface area (TPSA) is 58.3 Å². The number of aliphatic hydroxyl groups is 1. The number of aliphatic hydroxyl groups excluding tert-OH is 1. The summed E-state index contributed by atoms with van der Waals surface area (Å²) < 4.78 is 16.3. The molecule has 0 bridgehead atoms. The molecule has 0 saturated carbocycles. The SMILES string of the molecule is Cc1ccccc1CN(CCN1CCOCC1)CC(O)COCc1ccco1. The zero-order chi connectivity index (χ0) is 19.6. The Hall–Kier alpha value is -1.70. The van der Waals surface area contributed by atoms with Crippen LogP contribution in [0, 0.1) is 6.92 Å².